The summed E-state index contributed by atoms with van der Waals surface area (Å²) in [4.78, 5) is 21.7. The lowest BCUT2D eigenvalue weighted by molar-refractivity contribution is -0.123. The Bertz CT molecular complexity index is 188. The summed E-state index contributed by atoms with van der Waals surface area (Å²) >= 11 is 0. The van der Waals surface area contributed by atoms with Gasteiger partial charge < -0.3 is 10.1 Å². The van der Waals surface area contributed by atoms with Crippen molar-refractivity contribution in [3.63, 3.8) is 0 Å². The van der Waals surface area contributed by atoms with E-state index >= 15 is 0 Å². The lowest BCUT2D eigenvalue weighted by atomic mass is 10.0. The Kier molecular flexibility index (Phi) is 2.12. The molecule has 0 aromatic rings. The SMILES string of the molecule is CC(C)C(=O)[C@@H]1COC(=O)N1. The maximum Gasteiger partial charge on any atom is 0.407 e. The van der Waals surface area contributed by atoms with Crippen LogP contribution in [0.5, 0.6) is 0 Å². The molecule has 1 heterocycles. The van der Waals surface area contributed by atoms with E-state index in [0.717, 1.165) is 0 Å². The molecule has 1 amide bonds. The molecule has 0 aromatic carbocycles. The largest absolute Gasteiger partial charge is 0.447 e. The molecule has 1 aliphatic rings. The van der Waals surface area contributed by atoms with Gasteiger partial charge in [0.25, 0.3) is 0 Å². The molecule has 1 aliphatic heterocycles. The van der Waals surface area contributed by atoms with E-state index in [2.05, 4.69) is 10.1 Å². The standard InChI is InChI=1S/C7H11NO3/c1-4(2)6(9)5-3-11-7(10)8-5/h4-5H,3H2,1-2H3,(H,8,10)/t5-/m0/s1. The van der Waals surface area contributed by atoms with Gasteiger partial charge in [0, 0.05) is 5.92 Å². The van der Waals surface area contributed by atoms with E-state index in [-0.39, 0.29) is 18.3 Å². The van der Waals surface area contributed by atoms with E-state index in [0.29, 0.717) is 0 Å². The highest BCUT2D eigenvalue weighted by Gasteiger charge is 2.29. The summed E-state index contributed by atoms with van der Waals surface area (Å²) in [5.74, 6) is -0.0298. The van der Waals surface area contributed by atoms with E-state index in [1.807, 2.05) is 0 Å². The van der Waals surface area contributed by atoms with Gasteiger partial charge >= 0.3 is 6.09 Å². The van der Waals surface area contributed by atoms with Crippen molar-refractivity contribution < 1.29 is 14.3 Å². The third-order valence-corrected chi connectivity index (χ3v) is 1.59. The van der Waals surface area contributed by atoms with Crippen molar-refractivity contribution in [1.29, 1.82) is 0 Å². The molecule has 0 bridgehead atoms. The van der Waals surface area contributed by atoms with Gasteiger partial charge in [0.1, 0.15) is 12.6 Å². The van der Waals surface area contributed by atoms with Crippen LogP contribution in [0.1, 0.15) is 13.8 Å². The molecule has 1 saturated heterocycles. The molecule has 11 heavy (non-hydrogen) atoms. The average molecular weight is 157 g/mol. The molecule has 4 heteroatoms. The van der Waals surface area contributed by atoms with Crippen LogP contribution in [-0.4, -0.2) is 24.5 Å². The van der Waals surface area contributed by atoms with Crippen LogP contribution < -0.4 is 5.32 Å². The van der Waals surface area contributed by atoms with Crippen LogP contribution >= 0.6 is 0 Å². The summed E-state index contributed by atoms with van der Waals surface area (Å²) in [6.07, 6.45) is -0.496. The van der Waals surface area contributed by atoms with E-state index in [9.17, 15) is 9.59 Å². The molecule has 1 fully saturated rings. The van der Waals surface area contributed by atoms with Crippen molar-refractivity contribution in [2.45, 2.75) is 19.9 Å². The van der Waals surface area contributed by atoms with Gasteiger partial charge in [0.15, 0.2) is 5.78 Å². The van der Waals surface area contributed by atoms with Crippen molar-refractivity contribution in [1.82, 2.24) is 5.32 Å². The van der Waals surface area contributed by atoms with Gasteiger partial charge in [-0.25, -0.2) is 4.79 Å². The molecule has 0 unspecified atom stereocenters. The monoisotopic (exact) mass is 157 g/mol. The second-order valence-corrected chi connectivity index (χ2v) is 2.85. The average Bonchev–Trinajstić information content (AvgIpc) is 2.34. The van der Waals surface area contributed by atoms with Gasteiger partial charge in [-0.2, -0.15) is 0 Å². The number of carbonyl (C=O) groups excluding carboxylic acids is 2. The van der Waals surface area contributed by atoms with Crippen LogP contribution in [0.4, 0.5) is 4.79 Å². The molecule has 4 nitrogen and oxygen atoms in total. The van der Waals surface area contributed by atoms with Gasteiger partial charge in [0.2, 0.25) is 0 Å². The minimum absolute atomic E-state index is 0.0239. The lowest BCUT2D eigenvalue weighted by Gasteiger charge is -2.07. The third-order valence-electron chi connectivity index (χ3n) is 1.59. The summed E-state index contributed by atoms with van der Waals surface area (Å²) in [5.41, 5.74) is 0. The highest BCUT2D eigenvalue weighted by Crippen LogP contribution is 2.05. The van der Waals surface area contributed by atoms with Gasteiger partial charge in [-0.1, -0.05) is 13.8 Å². The number of hydrogen-bond acceptors (Lipinski definition) is 3. The van der Waals surface area contributed by atoms with Gasteiger partial charge in [0.05, 0.1) is 0 Å². The predicted octanol–water partition coefficient (Wildman–Crippen LogP) is 0.320. The zero-order chi connectivity index (χ0) is 8.43. The normalized spacial score (nSPS) is 23.2. The Morgan fingerprint density at radius 1 is 1.73 bits per heavy atom. The van der Waals surface area contributed by atoms with E-state index in [1.165, 1.54) is 0 Å². The molecule has 0 aliphatic carbocycles. The lowest BCUT2D eigenvalue weighted by Crippen LogP contribution is -2.36. The van der Waals surface area contributed by atoms with Crippen LogP contribution in [-0.2, 0) is 9.53 Å². The first-order valence-electron chi connectivity index (χ1n) is 3.58. The first kappa shape index (κ1) is 8.04. The number of ketones is 1. The molecule has 0 aromatic heterocycles. The predicted molar refractivity (Wildman–Crippen MR) is 38.1 cm³/mol. The van der Waals surface area contributed by atoms with Crippen molar-refractivity contribution in [3.8, 4) is 0 Å². The molecular weight excluding hydrogens is 146 g/mol. The first-order valence-corrected chi connectivity index (χ1v) is 3.58. The zero-order valence-electron chi connectivity index (χ0n) is 6.59. The fraction of sp³-hybridized carbons (Fsp3) is 0.714. The van der Waals surface area contributed by atoms with Crippen LogP contribution in [0, 0.1) is 5.92 Å². The van der Waals surface area contributed by atoms with Gasteiger partial charge in [-0.05, 0) is 0 Å². The Balaban J connectivity index is 2.50. The molecule has 1 rings (SSSR count). The van der Waals surface area contributed by atoms with Crippen LogP contribution in [0.3, 0.4) is 0 Å². The highest BCUT2D eigenvalue weighted by atomic mass is 16.6. The Morgan fingerprint density at radius 3 is 2.73 bits per heavy atom. The molecule has 62 valence electrons. The molecular formula is C7H11NO3. The Hall–Kier alpha value is -1.06. The molecule has 0 spiro atoms. The Labute approximate surface area is 64.9 Å². The van der Waals surface area contributed by atoms with Crippen molar-refractivity contribution >= 4 is 11.9 Å². The number of rotatable bonds is 2. The number of alkyl carbamates (subject to hydrolysis) is 1. The zero-order valence-corrected chi connectivity index (χ0v) is 6.59. The maximum absolute atomic E-state index is 11.2. The van der Waals surface area contributed by atoms with E-state index in [4.69, 9.17) is 0 Å². The summed E-state index contributed by atoms with van der Waals surface area (Å²) in [5, 5.41) is 2.42. The number of cyclic esters (lactones) is 1. The summed E-state index contributed by atoms with van der Waals surface area (Å²) in [6, 6.07) is -0.428. The number of hydrogen-bond donors (Lipinski definition) is 1. The Morgan fingerprint density at radius 2 is 2.36 bits per heavy atom. The van der Waals surface area contributed by atoms with Crippen LogP contribution in [0.25, 0.3) is 0 Å². The minimum atomic E-state index is -0.496. The smallest absolute Gasteiger partial charge is 0.407 e. The van der Waals surface area contributed by atoms with Crippen molar-refractivity contribution in [3.05, 3.63) is 0 Å². The van der Waals surface area contributed by atoms with Crippen LogP contribution in [0.2, 0.25) is 0 Å². The van der Waals surface area contributed by atoms with Crippen LogP contribution in [0.15, 0.2) is 0 Å². The van der Waals surface area contributed by atoms with E-state index in [1.54, 1.807) is 13.8 Å². The fourth-order valence-corrected chi connectivity index (χ4v) is 0.940. The molecule has 0 radical (unpaired) electrons. The first-order chi connectivity index (χ1) is 5.11. The van der Waals surface area contributed by atoms with E-state index < -0.39 is 12.1 Å². The number of carbonyl (C=O) groups is 2. The molecule has 1 N–H and O–H groups in total. The second kappa shape index (κ2) is 2.90. The van der Waals surface area contributed by atoms with Crippen molar-refractivity contribution in [2.75, 3.05) is 6.61 Å². The third kappa shape index (κ3) is 1.69. The highest BCUT2D eigenvalue weighted by molar-refractivity contribution is 5.90. The number of nitrogens with one attached hydrogen (secondary N) is 1. The fourth-order valence-electron chi connectivity index (χ4n) is 0.940. The maximum atomic E-state index is 11.2. The summed E-state index contributed by atoms with van der Waals surface area (Å²) in [6.45, 7) is 3.77. The quantitative estimate of drug-likeness (QED) is 0.628. The summed E-state index contributed by atoms with van der Waals surface area (Å²) in [7, 11) is 0. The summed E-state index contributed by atoms with van der Waals surface area (Å²) < 4.78 is 4.57. The topological polar surface area (TPSA) is 55.4 Å². The van der Waals surface area contributed by atoms with Gasteiger partial charge in [-0.15, -0.1) is 0 Å². The van der Waals surface area contributed by atoms with Gasteiger partial charge in [-0.3, -0.25) is 4.79 Å². The number of Topliss-reactive ketones (excluding diaryl/α,β-unsaturated/α-hetero) is 1. The number of ether oxygens (including phenoxy) is 1. The number of amides is 1. The second-order valence-electron chi connectivity index (χ2n) is 2.85. The van der Waals surface area contributed by atoms with Crippen molar-refractivity contribution in [2.24, 2.45) is 5.92 Å². The minimum Gasteiger partial charge on any atom is -0.447 e. The molecule has 0 saturated carbocycles. The molecule has 1 atom stereocenters.